The van der Waals surface area contributed by atoms with Crippen LogP contribution in [-0.2, 0) is 4.79 Å². The highest BCUT2D eigenvalue weighted by molar-refractivity contribution is 6.29. The molecule has 0 bridgehead atoms. The van der Waals surface area contributed by atoms with Crippen molar-refractivity contribution in [1.29, 1.82) is 0 Å². The second-order valence-electron chi connectivity index (χ2n) is 4.53. The maximum absolute atomic E-state index is 12.0. The Labute approximate surface area is 106 Å². The van der Waals surface area contributed by atoms with Gasteiger partial charge < -0.3 is 11.1 Å². The minimum atomic E-state index is 0.0279. The van der Waals surface area contributed by atoms with Crippen LogP contribution in [0.1, 0.15) is 25.0 Å². The second-order valence-corrected chi connectivity index (χ2v) is 4.91. The molecule has 0 spiro atoms. The number of hydrogen-bond acceptors (Lipinski definition) is 3. The lowest BCUT2D eigenvalue weighted by Gasteiger charge is -2.12. The first-order valence-corrected chi connectivity index (χ1v) is 6.13. The Morgan fingerprint density at radius 3 is 2.88 bits per heavy atom. The van der Waals surface area contributed by atoms with Crippen LogP contribution in [0.5, 0.6) is 0 Å². The molecule has 3 N–H and O–H groups in total. The molecule has 1 saturated carbocycles. The fraction of sp³-hybridized carbons (Fsp3) is 0.500. The molecule has 0 radical (unpaired) electrons. The van der Waals surface area contributed by atoms with Crippen LogP contribution in [0, 0.1) is 12.8 Å². The average molecular weight is 254 g/mol. The molecule has 2 atom stereocenters. The van der Waals surface area contributed by atoms with Gasteiger partial charge in [-0.05, 0) is 38.3 Å². The maximum atomic E-state index is 12.0. The molecule has 1 heterocycles. The summed E-state index contributed by atoms with van der Waals surface area (Å²) in [5.41, 5.74) is 7.25. The molecule has 1 aromatic heterocycles. The summed E-state index contributed by atoms with van der Waals surface area (Å²) in [5, 5.41) is 3.32. The van der Waals surface area contributed by atoms with Gasteiger partial charge in [0.2, 0.25) is 5.91 Å². The fourth-order valence-corrected chi connectivity index (χ4v) is 2.34. The second kappa shape index (κ2) is 5.02. The predicted octanol–water partition coefficient (Wildman–Crippen LogP) is 2.11. The molecule has 2 unspecified atom stereocenters. The first-order chi connectivity index (χ1) is 8.06. The Hall–Kier alpha value is -1.13. The van der Waals surface area contributed by atoms with Crippen molar-refractivity contribution in [2.24, 2.45) is 11.7 Å². The normalized spacial score (nSPS) is 23.7. The van der Waals surface area contributed by atoms with Crippen molar-refractivity contribution in [3.05, 3.63) is 23.0 Å². The van der Waals surface area contributed by atoms with Gasteiger partial charge in [-0.3, -0.25) is 4.79 Å². The van der Waals surface area contributed by atoms with Crippen molar-refractivity contribution in [3.8, 4) is 0 Å². The number of carbonyl (C=O) groups is 1. The molecule has 1 aliphatic rings. The molecule has 0 saturated heterocycles. The zero-order valence-electron chi connectivity index (χ0n) is 9.74. The lowest BCUT2D eigenvalue weighted by atomic mass is 10.1. The zero-order chi connectivity index (χ0) is 12.4. The van der Waals surface area contributed by atoms with Gasteiger partial charge in [-0.2, -0.15) is 0 Å². The molecule has 5 heteroatoms. The number of nitrogens with one attached hydrogen (secondary N) is 1. The minimum Gasteiger partial charge on any atom is -0.328 e. The number of nitrogens with zero attached hydrogens (tertiary/aromatic N) is 1. The van der Waals surface area contributed by atoms with Crippen LogP contribution in [0.15, 0.2) is 12.1 Å². The highest BCUT2D eigenvalue weighted by atomic mass is 35.5. The fourth-order valence-electron chi connectivity index (χ4n) is 2.15. The van der Waals surface area contributed by atoms with Gasteiger partial charge in [-0.1, -0.05) is 11.6 Å². The first-order valence-electron chi connectivity index (χ1n) is 5.76. The van der Waals surface area contributed by atoms with Crippen molar-refractivity contribution in [2.45, 2.75) is 32.2 Å². The molecule has 0 aliphatic heterocycles. The number of hydrogen-bond donors (Lipinski definition) is 2. The van der Waals surface area contributed by atoms with E-state index in [0.29, 0.717) is 5.15 Å². The minimum absolute atomic E-state index is 0.0279. The van der Waals surface area contributed by atoms with E-state index in [1.807, 2.05) is 6.92 Å². The molecular formula is C12H16ClN3O. The van der Waals surface area contributed by atoms with Crippen LogP contribution in [-0.4, -0.2) is 16.9 Å². The molecule has 17 heavy (non-hydrogen) atoms. The van der Waals surface area contributed by atoms with Crippen molar-refractivity contribution < 1.29 is 4.79 Å². The zero-order valence-corrected chi connectivity index (χ0v) is 10.5. The summed E-state index contributed by atoms with van der Waals surface area (Å²) in [7, 11) is 0. The van der Waals surface area contributed by atoms with Crippen molar-refractivity contribution >= 4 is 23.2 Å². The Kier molecular flexibility index (Phi) is 3.64. The average Bonchev–Trinajstić information content (AvgIpc) is 2.69. The topological polar surface area (TPSA) is 68.0 Å². The largest absolute Gasteiger partial charge is 0.328 e. The highest BCUT2D eigenvalue weighted by Crippen LogP contribution is 2.26. The monoisotopic (exact) mass is 253 g/mol. The number of amides is 1. The third-order valence-corrected chi connectivity index (χ3v) is 3.36. The highest BCUT2D eigenvalue weighted by Gasteiger charge is 2.27. The number of nitrogens with two attached hydrogens (primary N) is 1. The molecule has 1 amide bonds. The Balaban J connectivity index is 2.03. The maximum Gasteiger partial charge on any atom is 0.227 e. The lowest BCUT2D eigenvalue weighted by Crippen LogP contribution is -2.23. The van der Waals surface area contributed by atoms with Gasteiger partial charge in [-0.15, -0.1) is 0 Å². The number of anilines is 1. The van der Waals surface area contributed by atoms with E-state index < -0.39 is 0 Å². The molecular weight excluding hydrogens is 238 g/mol. The molecule has 1 aromatic rings. The summed E-state index contributed by atoms with van der Waals surface area (Å²) in [6.07, 6.45) is 2.56. The van der Waals surface area contributed by atoms with Gasteiger partial charge in [0, 0.05) is 12.0 Å². The van der Waals surface area contributed by atoms with Crippen LogP contribution < -0.4 is 11.1 Å². The van der Waals surface area contributed by atoms with Gasteiger partial charge in [0.05, 0.1) is 11.4 Å². The van der Waals surface area contributed by atoms with Crippen LogP contribution in [0.25, 0.3) is 0 Å². The van der Waals surface area contributed by atoms with Gasteiger partial charge >= 0.3 is 0 Å². The van der Waals surface area contributed by atoms with E-state index in [1.165, 1.54) is 0 Å². The summed E-state index contributed by atoms with van der Waals surface area (Å²) >= 11 is 5.76. The van der Waals surface area contributed by atoms with Gasteiger partial charge in [-0.25, -0.2) is 4.98 Å². The van der Waals surface area contributed by atoms with E-state index in [9.17, 15) is 4.79 Å². The van der Waals surface area contributed by atoms with Crippen LogP contribution in [0.3, 0.4) is 0 Å². The van der Waals surface area contributed by atoms with Gasteiger partial charge in [0.15, 0.2) is 0 Å². The Morgan fingerprint density at radius 2 is 2.29 bits per heavy atom. The molecule has 0 aromatic carbocycles. The Bertz CT molecular complexity index is 436. The van der Waals surface area contributed by atoms with Gasteiger partial charge in [0.1, 0.15) is 5.15 Å². The van der Waals surface area contributed by atoms with E-state index in [-0.39, 0.29) is 17.9 Å². The summed E-state index contributed by atoms with van der Waals surface area (Å²) < 4.78 is 0. The smallest absolute Gasteiger partial charge is 0.227 e. The number of pyridine rings is 1. The third kappa shape index (κ3) is 2.96. The summed E-state index contributed by atoms with van der Waals surface area (Å²) in [4.78, 5) is 16.1. The van der Waals surface area contributed by atoms with E-state index >= 15 is 0 Å². The van der Waals surface area contributed by atoms with Crippen molar-refractivity contribution in [1.82, 2.24) is 4.98 Å². The van der Waals surface area contributed by atoms with E-state index in [4.69, 9.17) is 17.3 Å². The van der Waals surface area contributed by atoms with Gasteiger partial charge in [0.25, 0.3) is 0 Å². The lowest BCUT2D eigenvalue weighted by molar-refractivity contribution is -0.119. The summed E-state index contributed by atoms with van der Waals surface area (Å²) in [6, 6.07) is 3.61. The number of halogens is 1. The van der Waals surface area contributed by atoms with E-state index in [0.717, 1.165) is 30.6 Å². The van der Waals surface area contributed by atoms with Crippen LogP contribution in [0.2, 0.25) is 5.15 Å². The Morgan fingerprint density at radius 1 is 1.53 bits per heavy atom. The number of rotatable bonds is 2. The standard InChI is InChI=1S/C12H16ClN3O/c1-7-10(4-5-11(13)15-7)16-12(17)8-2-3-9(14)6-8/h4-5,8-9H,2-3,6,14H2,1H3,(H,16,17). The molecule has 4 nitrogen and oxygen atoms in total. The van der Waals surface area contributed by atoms with Crippen LogP contribution in [0.4, 0.5) is 5.69 Å². The van der Waals surface area contributed by atoms with E-state index in [2.05, 4.69) is 10.3 Å². The quantitative estimate of drug-likeness (QED) is 0.794. The van der Waals surface area contributed by atoms with Crippen molar-refractivity contribution in [3.63, 3.8) is 0 Å². The predicted molar refractivity (Wildman–Crippen MR) is 67.9 cm³/mol. The number of carbonyl (C=O) groups excluding carboxylic acids is 1. The molecule has 1 fully saturated rings. The first kappa shape index (κ1) is 12.3. The molecule has 2 rings (SSSR count). The van der Waals surface area contributed by atoms with E-state index in [1.54, 1.807) is 12.1 Å². The summed E-state index contributed by atoms with van der Waals surface area (Å²) in [6.45, 7) is 1.82. The third-order valence-electron chi connectivity index (χ3n) is 3.15. The summed E-state index contributed by atoms with van der Waals surface area (Å²) in [5.74, 6) is 0.0604. The van der Waals surface area contributed by atoms with Crippen molar-refractivity contribution in [2.75, 3.05) is 5.32 Å². The number of aromatic nitrogens is 1. The molecule has 92 valence electrons. The molecule has 1 aliphatic carbocycles. The SMILES string of the molecule is Cc1nc(Cl)ccc1NC(=O)C1CCC(N)C1. The number of aryl methyl sites for hydroxylation is 1. The van der Waals surface area contributed by atoms with Crippen LogP contribution >= 0.6 is 11.6 Å².